The Balaban J connectivity index is 3.02. The average Bonchev–Trinajstić information content (AvgIpc) is 2.69. The van der Waals surface area contributed by atoms with E-state index in [1.807, 2.05) is 6.92 Å². The molecule has 4 heteroatoms. The third-order valence-corrected chi connectivity index (χ3v) is 4.96. The van der Waals surface area contributed by atoms with Gasteiger partial charge in [0.2, 0.25) is 0 Å². The van der Waals surface area contributed by atoms with Gasteiger partial charge in [-0.2, -0.15) is 0 Å². The van der Waals surface area contributed by atoms with Gasteiger partial charge in [0.05, 0.1) is 19.8 Å². The molecular formula is C24H48O4. The van der Waals surface area contributed by atoms with Gasteiger partial charge in [0.15, 0.2) is 0 Å². The Hall–Kier alpha value is -0.610. The molecule has 0 spiro atoms. The van der Waals surface area contributed by atoms with Gasteiger partial charge >= 0.3 is 5.97 Å². The molecule has 0 aromatic rings. The zero-order valence-electron chi connectivity index (χ0n) is 19.0. The minimum absolute atomic E-state index is 0.139. The second kappa shape index (κ2) is 24.4. The number of carbonyl (C=O) groups excluding carboxylic acids is 1. The van der Waals surface area contributed by atoms with Crippen LogP contribution in [0.2, 0.25) is 0 Å². The predicted octanol–water partition coefficient (Wildman–Crippen LogP) is 6.84. The van der Waals surface area contributed by atoms with Gasteiger partial charge in [0, 0.05) is 13.0 Å². The van der Waals surface area contributed by atoms with Crippen LogP contribution in [-0.4, -0.2) is 39.0 Å². The summed E-state index contributed by atoms with van der Waals surface area (Å²) in [6.07, 6.45) is 20.6. The number of ether oxygens (including phenoxy) is 3. The van der Waals surface area contributed by atoms with Crippen molar-refractivity contribution in [2.75, 3.05) is 33.0 Å². The zero-order valence-corrected chi connectivity index (χ0v) is 19.0. The van der Waals surface area contributed by atoms with Gasteiger partial charge in [-0.3, -0.25) is 4.79 Å². The fraction of sp³-hybridized carbons (Fsp3) is 0.958. The first-order valence-electron chi connectivity index (χ1n) is 12.1. The summed E-state index contributed by atoms with van der Waals surface area (Å²) in [7, 11) is 0. The molecule has 28 heavy (non-hydrogen) atoms. The van der Waals surface area contributed by atoms with E-state index >= 15 is 0 Å². The number of esters is 1. The Morgan fingerprint density at radius 3 is 1.43 bits per heavy atom. The highest BCUT2D eigenvalue weighted by atomic mass is 16.6. The van der Waals surface area contributed by atoms with Crippen LogP contribution in [0.15, 0.2) is 0 Å². The summed E-state index contributed by atoms with van der Waals surface area (Å²) >= 11 is 0. The molecule has 0 aliphatic heterocycles. The quantitative estimate of drug-likeness (QED) is 0.139. The fourth-order valence-corrected chi connectivity index (χ4v) is 3.21. The lowest BCUT2D eigenvalue weighted by molar-refractivity contribution is -0.145. The number of rotatable bonds is 23. The molecule has 0 amide bonds. The van der Waals surface area contributed by atoms with Crippen LogP contribution in [0.5, 0.6) is 0 Å². The first-order chi connectivity index (χ1) is 13.8. The second-order valence-electron chi connectivity index (χ2n) is 7.79. The van der Waals surface area contributed by atoms with E-state index in [1.165, 1.54) is 83.5 Å². The summed E-state index contributed by atoms with van der Waals surface area (Å²) in [5.74, 6) is -0.139. The SMILES string of the molecule is CCCCCCCCCCCCCCCCOCCOCCOC(=O)CCC. The smallest absolute Gasteiger partial charge is 0.305 e. The fourth-order valence-electron chi connectivity index (χ4n) is 3.21. The van der Waals surface area contributed by atoms with Crippen LogP contribution < -0.4 is 0 Å². The maximum Gasteiger partial charge on any atom is 0.305 e. The van der Waals surface area contributed by atoms with Gasteiger partial charge in [-0.25, -0.2) is 0 Å². The molecule has 0 bridgehead atoms. The standard InChI is InChI=1S/C24H48O4/c1-3-5-6-7-8-9-10-11-12-13-14-15-16-17-19-26-20-21-27-22-23-28-24(25)18-4-2/h3-23H2,1-2H3. The van der Waals surface area contributed by atoms with Crippen molar-refractivity contribution >= 4 is 5.97 Å². The molecule has 0 aliphatic carbocycles. The van der Waals surface area contributed by atoms with Gasteiger partial charge in [-0.05, 0) is 12.8 Å². The van der Waals surface area contributed by atoms with E-state index in [9.17, 15) is 4.79 Å². The highest BCUT2D eigenvalue weighted by molar-refractivity contribution is 5.69. The van der Waals surface area contributed by atoms with E-state index in [-0.39, 0.29) is 5.97 Å². The summed E-state index contributed by atoms with van der Waals surface area (Å²) in [5, 5.41) is 0. The van der Waals surface area contributed by atoms with Crippen LogP contribution in [0.25, 0.3) is 0 Å². The molecule has 0 saturated heterocycles. The van der Waals surface area contributed by atoms with E-state index in [1.54, 1.807) is 0 Å². The summed E-state index contributed by atoms with van der Waals surface area (Å²) in [6, 6.07) is 0. The van der Waals surface area contributed by atoms with Crippen molar-refractivity contribution in [1.29, 1.82) is 0 Å². The molecule has 0 heterocycles. The van der Waals surface area contributed by atoms with Gasteiger partial charge in [0.1, 0.15) is 6.61 Å². The third kappa shape index (κ3) is 23.4. The number of carbonyl (C=O) groups is 1. The first kappa shape index (κ1) is 27.4. The lowest BCUT2D eigenvalue weighted by atomic mass is 10.0. The molecule has 0 rings (SSSR count). The molecule has 0 aromatic carbocycles. The Labute approximate surface area is 175 Å². The summed E-state index contributed by atoms with van der Waals surface area (Å²) < 4.78 is 16.0. The van der Waals surface area contributed by atoms with E-state index in [0.29, 0.717) is 32.8 Å². The molecule has 0 aromatic heterocycles. The Bertz CT molecular complexity index is 307. The summed E-state index contributed by atoms with van der Waals surface area (Å²) in [6.45, 7) is 7.07. The van der Waals surface area contributed by atoms with E-state index in [2.05, 4.69) is 6.92 Å². The third-order valence-electron chi connectivity index (χ3n) is 4.96. The van der Waals surface area contributed by atoms with Crippen LogP contribution in [0.3, 0.4) is 0 Å². The Kier molecular flexibility index (Phi) is 23.9. The minimum atomic E-state index is -0.139. The molecule has 0 atom stereocenters. The molecule has 168 valence electrons. The van der Waals surface area contributed by atoms with Crippen LogP contribution in [0.1, 0.15) is 117 Å². The highest BCUT2D eigenvalue weighted by Gasteiger charge is 1.99. The summed E-state index contributed by atoms with van der Waals surface area (Å²) in [5.41, 5.74) is 0. The van der Waals surface area contributed by atoms with Gasteiger partial charge in [-0.1, -0.05) is 97.3 Å². The maximum absolute atomic E-state index is 11.1. The van der Waals surface area contributed by atoms with Crippen molar-refractivity contribution in [3.05, 3.63) is 0 Å². The van der Waals surface area contributed by atoms with Crippen molar-refractivity contribution in [2.24, 2.45) is 0 Å². The molecule has 0 fully saturated rings. The highest BCUT2D eigenvalue weighted by Crippen LogP contribution is 2.12. The topological polar surface area (TPSA) is 44.8 Å². The van der Waals surface area contributed by atoms with E-state index < -0.39 is 0 Å². The zero-order chi connectivity index (χ0) is 20.5. The van der Waals surface area contributed by atoms with Crippen molar-refractivity contribution in [2.45, 2.75) is 117 Å². The van der Waals surface area contributed by atoms with E-state index in [4.69, 9.17) is 14.2 Å². The molecule has 0 radical (unpaired) electrons. The Morgan fingerprint density at radius 1 is 0.500 bits per heavy atom. The molecule has 0 saturated carbocycles. The van der Waals surface area contributed by atoms with Crippen molar-refractivity contribution < 1.29 is 19.0 Å². The van der Waals surface area contributed by atoms with Crippen LogP contribution >= 0.6 is 0 Å². The van der Waals surface area contributed by atoms with Gasteiger partial charge in [0.25, 0.3) is 0 Å². The molecule has 4 nitrogen and oxygen atoms in total. The van der Waals surface area contributed by atoms with Gasteiger partial charge in [-0.15, -0.1) is 0 Å². The van der Waals surface area contributed by atoms with Crippen LogP contribution in [0, 0.1) is 0 Å². The first-order valence-corrected chi connectivity index (χ1v) is 12.1. The lowest BCUT2D eigenvalue weighted by Gasteiger charge is -2.07. The van der Waals surface area contributed by atoms with Crippen molar-refractivity contribution in [3.63, 3.8) is 0 Å². The predicted molar refractivity (Wildman–Crippen MR) is 118 cm³/mol. The second-order valence-corrected chi connectivity index (χ2v) is 7.79. The van der Waals surface area contributed by atoms with Gasteiger partial charge < -0.3 is 14.2 Å². The van der Waals surface area contributed by atoms with Crippen LogP contribution in [-0.2, 0) is 19.0 Å². The van der Waals surface area contributed by atoms with Crippen LogP contribution in [0.4, 0.5) is 0 Å². The van der Waals surface area contributed by atoms with E-state index in [0.717, 1.165) is 19.4 Å². The Morgan fingerprint density at radius 2 is 0.929 bits per heavy atom. The average molecular weight is 401 g/mol. The summed E-state index contributed by atoms with van der Waals surface area (Å²) in [4.78, 5) is 11.1. The number of hydrogen-bond donors (Lipinski definition) is 0. The normalized spacial score (nSPS) is 11.1. The molecule has 0 aliphatic rings. The monoisotopic (exact) mass is 400 g/mol. The maximum atomic E-state index is 11.1. The lowest BCUT2D eigenvalue weighted by Crippen LogP contribution is -2.12. The molecule has 0 unspecified atom stereocenters. The largest absolute Gasteiger partial charge is 0.463 e. The van der Waals surface area contributed by atoms with Crippen molar-refractivity contribution in [3.8, 4) is 0 Å². The van der Waals surface area contributed by atoms with Crippen molar-refractivity contribution in [1.82, 2.24) is 0 Å². The minimum Gasteiger partial charge on any atom is -0.463 e. The molecular weight excluding hydrogens is 352 g/mol. The number of unbranched alkanes of at least 4 members (excludes halogenated alkanes) is 13. The number of hydrogen-bond acceptors (Lipinski definition) is 4. The molecule has 0 N–H and O–H groups in total.